The third kappa shape index (κ3) is 5.35. The fourth-order valence-electron chi connectivity index (χ4n) is 2.50. The minimum absolute atomic E-state index is 0.131. The molecule has 0 saturated heterocycles. The van der Waals surface area contributed by atoms with E-state index in [2.05, 4.69) is 30.7 Å². The number of aryl methyl sites for hydroxylation is 1. The molecule has 10 nitrogen and oxygen atoms in total. The van der Waals surface area contributed by atoms with Crippen molar-refractivity contribution in [2.24, 2.45) is 17.9 Å². The van der Waals surface area contributed by atoms with Gasteiger partial charge in [0.05, 0.1) is 35.8 Å². The van der Waals surface area contributed by atoms with Gasteiger partial charge >= 0.3 is 0 Å². The number of benzene rings is 1. The van der Waals surface area contributed by atoms with E-state index < -0.39 is 0 Å². The smallest absolute Gasteiger partial charge is 0.228 e. The van der Waals surface area contributed by atoms with Gasteiger partial charge in [0.15, 0.2) is 5.11 Å². The number of rotatable bonds is 6. The van der Waals surface area contributed by atoms with E-state index >= 15 is 0 Å². The van der Waals surface area contributed by atoms with E-state index in [-0.39, 0.29) is 11.0 Å². The highest BCUT2D eigenvalue weighted by atomic mass is 32.1. The summed E-state index contributed by atoms with van der Waals surface area (Å²) in [6, 6.07) is 9.00. The van der Waals surface area contributed by atoms with Crippen LogP contribution >= 0.6 is 12.2 Å². The highest BCUT2D eigenvalue weighted by molar-refractivity contribution is 7.80. The van der Waals surface area contributed by atoms with Crippen molar-refractivity contribution < 1.29 is 4.79 Å². The number of hydrogen-bond donors (Lipinski definition) is 3. The van der Waals surface area contributed by atoms with Crippen LogP contribution in [0.3, 0.4) is 0 Å². The number of hydrazone groups is 1. The van der Waals surface area contributed by atoms with Gasteiger partial charge in [-0.05, 0) is 42.5 Å². The van der Waals surface area contributed by atoms with E-state index in [1.807, 2.05) is 23.7 Å². The summed E-state index contributed by atoms with van der Waals surface area (Å²) in [4.78, 5) is 24.4. The number of anilines is 3. The first-order valence-corrected chi connectivity index (χ1v) is 9.30. The molecule has 2 heterocycles. The molecule has 154 valence electrons. The lowest BCUT2D eigenvalue weighted by molar-refractivity contribution is -0.114. The summed E-state index contributed by atoms with van der Waals surface area (Å²) in [5, 5.41) is 11.6. The van der Waals surface area contributed by atoms with Crippen molar-refractivity contribution in [2.75, 3.05) is 17.7 Å². The van der Waals surface area contributed by atoms with Gasteiger partial charge in [0.25, 0.3) is 0 Å². The van der Waals surface area contributed by atoms with Crippen molar-refractivity contribution >= 4 is 46.8 Å². The molecule has 4 N–H and O–H groups in total. The fourth-order valence-corrected chi connectivity index (χ4v) is 2.54. The van der Waals surface area contributed by atoms with E-state index in [0.717, 1.165) is 11.4 Å². The normalized spacial score (nSPS) is 10.8. The Balaban J connectivity index is 1.92. The molecule has 2 aromatic heterocycles. The first-order valence-electron chi connectivity index (χ1n) is 8.89. The average molecular weight is 424 g/mol. The zero-order valence-corrected chi connectivity index (χ0v) is 17.5. The Hall–Kier alpha value is -3.86. The molecule has 1 aromatic carbocycles. The Morgan fingerprint density at radius 1 is 1.27 bits per heavy atom. The summed E-state index contributed by atoms with van der Waals surface area (Å²) in [5.41, 5.74) is 9.06. The Bertz CT molecular complexity index is 1090. The molecule has 0 aliphatic carbocycles. The number of aromatic nitrogens is 4. The number of imidazole rings is 1. The molecule has 0 saturated carbocycles. The summed E-state index contributed by atoms with van der Waals surface area (Å²) in [7, 11) is 3.53. The first-order chi connectivity index (χ1) is 14.3. The van der Waals surface area contributed by atoms with Crippen LogP contribution in [0.1, 0.15) is 12.6 Å². The van der Waals surface area contributed by atoms with Gasteiger partial charge in [0, 0.05) is 32.4 Å². The van der Waals surface area contributed by atoms with Gasteiger partial charge < -0.3 is 20.9 Å². The second-order valence-electron chi connectivity index (χ2n) is 6.38. The van der Waals surface area contributed by atoms with Crippen LogP contribution in [0.5, 0.6) is 0 Å². The van der Waals surface area contributed by atoms with Crippen LogP contribution in [-0.4, -0.2) is 48.8 Å². The van der Waals surface area contributed by atoms with Gasteiger partial charge in [-0.2, -0.15) is 5.10 Å². The molecule has 0 aliphatic heterocycles. The highest BCUT2D eigenvalue weighted by Crippen LogP contribution is 2.21. The van der Waals surface area contributed by atoms with Gasteiger partial charge in [0.2, 0.25) is 11.9 Å². The molecule has 0 unspecified atom stereocenters. The van der Waals surface area contributed by atoms with Gasteiger partial charge in [-0.3, -0.25) is 4.79 Å². The lowest BCUT2D eigenvalue weighted by Crippen LogP contribution is -2.27. The van der Waals surface area contributed by atoms with Gasteiger partial charge in [0.1, 0.15) is 0 Å². The minimum Gasteiger partial charge on any atom is -0.375 e. The number of hydrogen-bond acceptors (Lipinski definition) is 7. The lowest BCUT2D eigenvalue weighted by Gasteiger charge is -2.11. The molecule has 0 atom stereocenters. The Labute approximate surface area is 178 Å². The number of nitrogens with zero attached hydrogens (tertiary/aromatic N) is 6. The van der Waals surface area contributed by atoms with Crippen LogP contribution in [-0.2, 0) is 11.8 Å². The number of carbonyl (C=O) groups is 1. The van der Waals surface area contributed by atoms with Crippen LogP contribution in [0, 0.1) is 0 Å². The van der Waals surface area contributed by atoms with E-state index in [9.17, 15) is 4.79 Å². The number of carbonyl (C=O) groups excluding carboxylic acids is 1. The molecule has 1 amide bonds. The number of nitrogens with two attached hydrogens (primary N) is 1. The molecular formula is C19H21N9OS. The third-order valence-electron chi connectivity index (χ3n) is 3.97. The molecular weight excluding hydrogens is 402 g/mol. The van der Waals surface area contributed by atoms with Crippen LogP contribution in [0.2, 0.25) is 0 Å². The second-order valence-corrected chi connectivity index (χ2v) is 6.80. The number of nitrogens with one attached hydrogen (secondary N) is 2. The zero-order valence-electron chi connectivity index (χ0n) is 16.7. The predicted octanol–water partition coefficient (Wildman–Crippen LogP) is 2.09. The van der Waals surface area contributed by atoms with Crippen molar-refractivity contribution in [1.82, 2.24) is 24.5 Å². The largest absolute Gasteiger partial charge is 0.375 e. The second kappa shape index (κ2) is 9.09. The van der Waals surface area contributed by atoms with Crippen LogP contribution < -0.4 is 16.4 Å². The van der Waals surface area contributed by atoms with Crippen molar-refractivity contribution in [3.05, 3.63) is 48.5 Å². The van der Waals surface area contributed by atoms with Crippen molar-refractivity contribution in [3.8, 4) is 11.4 Å². The molecule has 0 radical (unpaired) electrons. The predicted molar refractivity (Wildman–Crippen MR) is 120 cm³/mol. The molecule has 30 heavy (non-hydrogen) atoms. The topological polar surface area (TPSA) is 126 Å². The Morgan fingerprint density at radius 2 is 1.97 bits per heavy atom. The quantitative estimate of drug-likeness (QED) is 0.313. The van der Waals surface area contributed by atoms with Crippen molar-refractivity contribution in [2.45, 2.75) is 6.92 Å². The first kappa shape index (κ1) is 20.9. The van der Waals surface area contributed by atoms with Gasteiger partial charge in [-0.25, -0.2) is 20.0 Å². The Kier molecular flexibility index (Phi) is 6.32. The average Bonchev–Trinajstić information content (AvgIpc) is 3.13. The van der Waals surface area contributed by atoms with E-state index in [4.69, 9.17) is 18.0 Å². The molecule has 3 rings (SSSR count). The molecule has 0 fully saturated rings. The molecule has 11 heteroatoms. The lowest BCUT2D eigenvalue weighted by atomic mass is 10.2. The standard InChI is InChI=1S/C19H21N9OS/c1-12(29)23-13-4-6-14(7-5-13)24-19-25-15(9-22-28(3)18(20)30)8-16(26-19)17-10-21-11-27(17)2/h4-11H,1-3H3,(H2,20,30)(H,23,29)(H,24,25,26)/b22-9+. The van der Waals surface area contributed by atoms with Crippen LogP contribution in [0.15, 0.2) is 48.0 Å². The van der Waals surface area contributed by atoms with Crippen LogP contribution in [0.25, 0.3) is 11.4 Å². The monoisotopic (exact) mass is 423 g/mol. The Morgan fingerprint density at radius 3 is 2.57 bits per heavy atom. The summed E-state index contributed by atoms with van der Waals surface area (Å²) < 4.78 is 1.86. The molecule has 0 aliphatic rings. The molecule has 0 bridgehead atoms. The molecule has 3 aromatic rings. The summed E-state index contributed by atoms with van der Waals surface area (Å²) >= 11 is 4.90. The number of thiocarbonyl (C=S) groups is 1. The fraction of sp³-hybridized carbons (Fsp3) is 0.158. The van der Waals surface area contributed by atoms with E-state index in [1.54, 1.807) is 44.0 Å². The van der Waals surface area contributed by atoms with E-state index in [0.29, 0.717) is 23.0 Å². The van der Waals surface area contributed by atoms with Gasteiger partial charge in [-0.15, -0.1) is 0 Å². The van der Waals surface area contributed by atoms with Crippen molar-refractivity contribution in [1.29, 1.82) is 0 Å². The zero-order chi connectivity index (χ0) is 21.7. The maximum atomic E-state index is 11.2. The summed E-state index contributed by atoms with van der Waals surface area (Å²) in [5.74, 6) is 0.245. The maximum Gasteiger partial charge on any atom is 0.228 e. The summed E-state index contributed by atoms with van der Waals surface area (Å²) in [6.45, 7) is 1.46. The van der Waals surface area contributed by atoms with E-state index in [1.165, 1.54) is 11.9 Å². The van der Waals surface area contributed by atoms with Crippen molar-refractivity contribution in [3.63, 3.8) is 0 Å². The SMILES string of the molecule is CC(=O)Nc1ccc(Nc2nc(/C=N/N(C)C(N)=S)cc(-c3cncn3C)n2)cc1. The number of amides is 1. The minimum atomic E-state index is -0.131. The summed E-state index contributed by atoms with van der Waals surface area (Å²) in [6.07, 6.45) is 4.96. The molecule has 0 spiro atoms. The van der Waals surface area contributed by atoms with Crippen LogP contribution in [0.4, 0.5) is 17.3 Å². The highest BCUT2D eigenvalue weighted by Gasteiger charge is 2.10. The maximum absolute atomic E-state index is 11.2. The third-order valence-corrected chi connectivity index (χ3v) is 4.23. The van der Waals surface area contributed by atoms with Gasteiger partial charge in [-0.1, -0.05) is 0 Å².